The molecule has 1 aromatic carbocycles. The quantitative estimate of drug-likeness (QED) is 0.680. The fourth-order valence-electron chi connectivity index (χ4n) is 2.02. The van der Waals surface area contributed by atoms with Crippen LogP contribution in [0.3, 0.4) is 0 Å². The molecule has 5 heteroatoms. The number of aromatic amines is 1. The fraction of sp³-hybridized carbons (Fsp3) is 0.200. The second kappa shape index (κ2) is 5.21. The van der Waals surface area contributed by atoms with Crippen LogP contribution in [-0.4, -0.2) is 22.0 Å². The van der Waals surface area contributed by atoms with Gasteiger partial charge in [-0.15, -0.1) is 0 Å². The van der Waals surface area contributed by atoms with Gasteiger partial charge in [-0.05, 0) is 31.2 Å². The number of aryl methyl sites for hydroxylation is 1. The molecule has 0 saturated carbocycles. The van der Waals surface area contributed by atoms with E-state index in [1.807, 2.05) is 19.2 Å². The Bertz CT molecular complexity index is 715. The van der Waals surface area contributed by atoms with Crippen molar-refractivity contribution >= 4 is 22.7 Å². The molecule has 0 aliphatic rings. The maximum Gasteiger partial charge on any atom is 0.179 e. The van der Waals surface area contributed by atoms with E-state index in [2.05, 4.69) is 56.8 Å². The Labute approximate surface area is 117 Å². The Morgan fingerprint density at radius 1 is 1.05 bits per heavy atom. The maximum atomic E-state index is 4.48. The van der Waals surface area contributed by atoms with Crippen molar-refractivity contribution in [3.63, 3.8) is 0 Å². The summed E-state index contributed by atoms with van der Waals surface area (Å²) in [6, 6.07) is 12.2. The molecule has 3 rings (SSSR count). The number of aromatic nitrogens is 3. The van der Waals surface area contributed by atoms with E-state index >= 15 is 0 Å². The molecule has 0 saturated heterocycles. The minimum absolute atomic E-state index is 0.647. The van der Waals surface area contributed by atoms with E-state index < -0.39 is 0 Å². The number of fused-ring (bicyclic) bond motifs is 1. The molecule has 3 N–H and O–H groups in total. The molecule has 3 aromatic rings. The standard InChI is InChI=1S/C15H17N5/c1-10-3-5-11(6-4-10)17-9-14-18-12-7-8-13(16-2)19-15(12)20-14/h3-8,17H,9H2,1-2H3,(H2,16,18,19,20). The predicted octanol–water partition coefficient (Wildman–Crippen LogP) is 2.92. The molecule has 0 spiro atoms. The van der Waals surface area contributed by atoms with Gasteiger partial charge in [0.15, 0.2) is 5.65 Å². The van der Waals surface area contributed by atoms with Crippen LogP contribution in [0.2, 0.25) is 0 Å². The lowest BCUT2D eigenvalue weighted by Gasteiger charge is -2.04. The minimum Gasteiger partial charge on any atom is -0.378 e. The van der Waals surface area contributed by atoms with Crippen molar-refractivity contribution in [2.45, 2.75) is 13.5 Å². The van der Waals surface area contributed by atoms with Gasteiger partial charge in [0.05, 0.1) is 12.1 Å². The first-order chi connectivity index (χ1) is 9.74. The molecule has 0 aliphatic carbocycles. The van der Waals surface area contributed by atoms with Crippen LogP contribution in [0, 0.1) is 6.92 Å². The van der Waals surface area contributed by atoms with E-state index in [0.717, 1.165) is 28.5 Å². The van der Waals surface area contributed by atoms with E-state index in [9.17, 15) is 0 Å². The summed E-state index contributed by atoms with van der Waals surface area (Å²) in [6.45, 7) is 2.72. The van der Waals surface area contributed by atoms with Gasteiger partial charge in [0.25, 0.3) is 0 Å². The Hall–Kier alpha value is -2.56. The average Bonchev–Trinajstić information content (AvgIpc) is 2.88. The zero-order chi connectivity index (χ0) is 13.9. The largest absolute Gasteiger partial charge is 0.378 e. The fourth-order valence-corrected chi connectivity index (χ4v) is 2.02. The molecule has 0 bridgehead atoms. The number of pyridine rings is 1. The van der Waals surface area contributed by atoms with Crippen molar-refractivity contribution in [1.29, 1.82) is 0 Å². The average molecular weight is 267 g/mol. The van der Waals surface area contributed by atoms with Gasteiger partial charge in [-0.1, -0.05) is 17.7 Å². The van der Waals surface area contributed by atoms with E-state index in [0.29, 0.717) is 6.54 Å². The molecular weight excluding hydrogens is 250 g/mol. The Morgan fingerprint density at radius 2 is 1.85 bits per heavy atom. The molecule has 0 radical (unpaired) electrons. The summed E-state index contributed by atoms with van der Waals surface area (Å²) in [5.41, 5.74) is 4.02. The van der Waals surface area contributed by atoms with Gasteiger partial charge >= 0.3 is 0 Å². The van der Waals surface area contributed by atoms with Crippen molar-refractivity contribution < 1.29 is 0 Å². The zero-order valence-corrected chi connectivity index (χ0v) is 11.6. The van der Waals surface area contributed by atoms with Crippen LogP contribution in [0.4, 0.5) is 11.5 Å². The van der Waals surface area contributed by atoms with Crippen LogP contribution in [0.25, 0.3) is 11.2 Å². The number of hydrogen-bond donors (Lipinski definition) is 3. The number of H-pyrrole nitrogens is 1. The predicted molar refractivity (Wildman–Crippen MR) is 81.9 cm³/mol. The van der Waals surface area contributed by atoms with Crippen molar-refractivity contribution in [2.24, 2.45) is 0 Å². The number of rotatable bonds is 4. The van der Waals surface area contributed by atoms with Crippen molar-refractivity contribution in [3.05, 3.63) is 47.8 Å². The molecule has 0 fully saturated rings. The topological polar surface area (TPSA) is 65.6 Å². The summed E-state index contributed by atoms with van der Waals surface area (Å²) in [7, 11) is 1.85. The summed E-state index contributed by atoms with van der Waals surface area (Å²) in [6.07, 6.45) is 0. The van der Waals surface area contributed by atoms with Gasteiger partial charge in [-0.2, -0.15) is 0 Å². The summed E-state index contributed by atoms with van der Waals surface area (Å²) in [5.74, 6) is 1.70. The van der Waals surface area contributed by atoms with Gasteiger partial charge in [0.2, 0.25) is 0 Å². The summed E-state index contributed by atoms with van der Waals surface area (Å²) < 4.78 is 0. The van der Waals surface area contributed by atoms with E-state index in [1.54, 1.807) is 0 Å². The summed E-state index contributed by atoms with van der Waals surface area (Å²) in [4.78, 5) is 12.1. The molecule has 5 nitrogen and oxygen atoms in total. The first-order valence-electron chi connectivity index (χ1n) is 6.58. The third kappa shape index (κ3) is 2.56. The molecule has 0 aliphatic heterocycles. The lowest BCUT2D eigenvalue weighted by Crippen LogP contribution is -2.00. The molecule has 0 atom stereocenters. The number of nitrogens with one attached hydrogen (secondary N) is 3. The first kappa shape index (κ1) is 12.5. The third-order valence-corrected chi connectivity index (χ3v) is 3.16. The van der Waals surface area contributed by atoms with Crippen molar-refractivity contribution in [1.82, 2.24) is 15.0 Å². The molecule has 0 unspecified atom stereocenters. The van der Waals surface area contributed by atoms with Crippen LogP contribution in [-0.2, 0) is 6.54 Å². The van der Waals surface area contributed by atoms with Crippen LogP contribution in [0.5, 0.6) is 0 Å². The van der Waals surface area contributed by atoms with Crippen LogP contribution >= 0.6 is 0 Å². The second-order valence-electron chi connectivity index (χ2n) is 4.72. The smallest absolute Gasteiger partial charge is 0.179 e. The van der Waals surface area contributed by atoms with Crippen LogP contribution in [0.1, 0.15) is 11.4 Å². The number of anilines is 2. The lowest BCUT2D eigenvalue weighted by atomic mass is 10.2. The maximum absolute atomic E-state index is 4.48. The highest BCUT2D eigenvalue weighted by atomic mass is 15.1. The molecule has 0 amide bonds. The first-order valence-corrected chi connectivity index (χ1v) is 6.58. The van der Waals surface area contributed by atoms with Crippen LogP contribution in [0.15, 0.2) is 36.4 Å². The van der Waals surface area contributed by atoms with Gasteiger partial charge < -0.3 is 15.6 Å². The SMILES string of the molecule is CNc1ccc2[nH]c(CNc3ccc(C)cc3)nc2n1. The summed E-state index contributed by atoms with van der Waals surface area (Å²) >= 11 is 0. The Balaban J connectivity index is 1.75. The molecular formula is C15H17N5. The normalized spacial score (nSPS) is 10.7. The van der Waals surface area contributed by atoms with Gasteiger partial charge in [0.1, 0.15) is 11.6 Å². The van der Waals surface area contributed by atoms with E-state index in [1.165, 1.54) is 5.56 Å². The van der Waals surface area contributed by atoms with Gasteiger partial charge in [-0.3, -0.25) is 0 Å². The van der Waals surface area contributed by atoms with E-state index in [4.69, 9.17) is 0 Å². The second-order valence-corrected chi connectivity index (χ2v) is 4.72. The highest BCUT2D eigenvalue weighted by Crippen LogP contribution is 2.14. The number of hydrogen-bond acceptors (Lipinski definition) is 4. The lowest BCUT2D eigenvalue weighted by molar-refractivity contribution is 1.01. The minimum atomic E-state index is 0.647. The van der Waals surface area contributed by atoms with Crippen molar-refractivity contribution in [2.75, 3.05) is 17.7 Å². The molecule has 102 valence electrons. The summed E-state index contributed by atoms with van der Waals surface area (Å²) in [5, 5.41) is 6.35. The Morgan fingerprint density at radius 3 is 2.60 bits per heavy atom. The Kier molecular flexibility index (Phi) is 3.25. The van der Waals surface area contributed by atoms with Gasteiger partial charge in [0, 0.05) is 12.7 Å². The van der Waals surface area contributed by atoms with E-state index in [-0.39, 0.29) is 0 Å². The molecule has 20 heavy (non-hydrogen) atoms. The zero-order valence-electron chi connectivity index (χ0n) is 11.6. The third-order valence-electron chi connectivity index (χ3n) is 3.16. The number of benzene rings is 1. The van der Waals surface area contributed by atoms with Crippen molar-refractivity contribution in [3.8, 4) is 0 Å². The number of imidazole rings is 1. The van der Waals surface area contributed by atoms with Crippen LogP contribution < -0.4 is 10.6 Å². The highest BCUT2D eigenvalue weighted by Gasteiger charge is 2.04. The molecule has 2 aromatic heterocycles. The molecule has 2 heterocycles. The van der Waals surface area contributed by atoms with Gasteiger partial charge in [-0.25, -0.2) is 9.97 Å². The monoisotopic (exact) mass is 267 g/mol. The number of nitrogens with zero attached hydrogens (tertiary/aromatic N) is 2. The highest BCUT2D eigenvalue weighted by molar-refractivity contribution is 5.72.